The molecule has 0 radical (unpaired) electrons. The molecule has 3 nitrogen and oxygen atoms in total. The molecule has 3 heteroatoms. The van der Waals surface area contributed by atoms with Gasteiger partial charge >= 0.3 is 0 Å². The van der Waals surface area contributed by atoms with Gasteiger partial charge in [0, 0.05) is 5.56 Å². The zero-order valence-electron chi connectivity index (χ0n) is 12.1. The second-order valence-corrected chi connectivity index (χ2v) is 4.74. The van der Waals surface area contributed by atoms with E-state index in [0.29, 0.717) is 6.61 Å². The van der Waals surface area contributed by atoms with Gasteiger partial charge in [0.05, 0.1) is 25.9 Å². The molecule has 1 atom stereocenters. The fraction of sp³-hybridized carbons (Fsp3) is 0.600. The summed E-state index contributed by atoms with van der Waals surface area (Å²) in [7, 11) is 1.71. The number of nitrogens with one attached hydrogen (secondary N) is 1. The molecule has 0 heterocycles. The SMILES string of the molecule is CCNC(COC(C)C)c1ccc(C)cc1OC. The van der Waals surface area contributed by atoms with Crippen LogP contribution in [0.1, 0.15) is 37.9 Å². The molecular formula is C15H25NO2. The highest BCUT2D eigenvalue weighted by atomic mass is 16.5. The lowest BCUT2D eigenvalue weighted by Gasteiger charge is -2.22. The molecule has 0 amide bonds. The summed E-state index contributed by atoms with van der Waals surface area (Å²) in [5.74, 6) is 0.924. The van der Waals surface area contributed by atoms with Crippen molar-refractivity contribution >= 4 is 0 Å². The maximum Gasteiger partial charge on any atom is 0.123 e. The maximum absolute atomic E-state index is 5.72. The highest BCUT2D eigenvalue weighted by molar-refractivity contribution is 5.39. The summed E-state index contributed by atoms with van der Waals surface area (Å²) >= 11 is 0. The minimum Gasteiger partial charge on any atom is -0.496 e. The highest BCUT2D eigenvalue weighted by Crippen LogP contribution is 2.26. The number of hydrogen-bond acceptors (Lipinski definition) is 3. The summed E-state index contributed by atoms with van der Waals surface area (Å²) in [6.45, 7) is 9.83. The van der Waals surface area contributed by atoms with Crippen LogP contribution in [0.3, 0.4) is 0 Å². The lowest BCUT2D eigenvalue weighted by molar-refractivity contribution is 0.0609. The molecule has 0 aliphatic heterocycles. The average Bonchev–Trinajstić information content (AvgIpc) is 2.34. The molecule has 0 bridgehead atoms. The summed E-state index contributed by atoms with van der Waals surface area (Å²) in [5.41, 5.74) is 2.36. The van der Waals surface area contributed by atoms with Gasteiger partial charge in [-0.05, 0) is 38.9 Å². The second kappa shape index (κ2) is 7.39. The van der Waals surface area contributed by atoms with Crippen LogP contribution >= 0.6 is 0 Å². The Morgan fingerprint density at radius 2 is 2.00 bits per heavy atom. The number of rotatable bonds is 7. The molecule has 18 heavy (non-hydrogen) atoms. The first-order valence-corrected chi connectivity index (χ1v) is 6.58. The van der Waals surface area contributed by atoms with Crippen LogP contribution in [0.4, 0.5) is 0 Å². The van der Waals surface area contributed by atoms with E-state index in [0.717, 1.165) is 17.9 Å². The molecule has 0 aromatic heterocycles. The normalized spacial score (nSPS) is 12.8. The summed E-state index contributed by atoms with van der Waals surface area (Å²) in [5, 5.41) is 3.44. The number of ether oxygens (including phenoxy) is 2. The number of methoxy groups -OCH3 is 1. The van der Waals surface area contributed by atoms with Gasteiger partial charge < -0.3 is 14.8 Å². The van der Waals surface area contributed by atoms with Crippen molar-refractivity contribution in [3.05, 3.63) is 29.3 Å². The molecule has 1 aromatic carbocycles. The number of hydrogen-bond donors (Lipinski definition) is 1. The minimum absolute atomic E-state index is 0.174. The fourth-order valence-corrected chi connectivity index (χ4v) is 1.90. The van der Waals surface area contributed by atoms with E-state index in [2.05, 4.69) is 51.2 Å². The van der Waals surface area contributed by atoms with Crippen LogP contribution in [0.5, 0.6) is 5.75 Å². The smallest absolute Gasteiger partial charge is 0.123 e. The Kier molecular flexibility index (Phi) is 6.16. The van der Waals surface area contributed by atoms with E-state index in [1.54, 1.807) is 7.11 Å². The van der Waals surface area contributed by atoms with E-state index in [-0.39, 0.29) is 12.1 Å². The monoisotopic (exact) mass is 251 g/mol. The Bertz CT molecular complexity index is 364. The van der Waals surface area contributed by atoms with Crippen LogP contribution in [0, 0.1) is 6.92 Å². The molecule has 0 spiro atoms. The van der Waals surface area contributed by atoms with Gasteiger partial charge in [-0.2, -0.15) is 0 Å². The first-order valence-electron chi connectivity index (χ1n) is 6.58. The minimum atomic E-state index is 0.174. The van der Waals surface area contributed by atoms with Crippen LogP contribution in [0.15, 0.2) is 18.2 Å². The Morgan fingerprint density at radius 1 is 1.28 bits per heavy atom. The third-order valence-corrected chi connectivity index (χ3v) is 2.81. The Balaban J connectivity index is 2.89. The first-order chi connectivity index (χ1) is 8.58. The van der Waals surface area contributed by atoms with E-state index >= 15 is 0 Å². The van der Waals surface area contributed by atoms with Gasteiger partial charge in [0.15, 0.2) is 0 Å². The summed E-state index contributed by atoms with van der Waals surface area (Å²) < 4.78 is 11.2. The van der Waals surface area contributed by atoms with Crippen LogP contribution in [-0.2, 0) is 4.74 Å². The zero-order valence-corrected chi connectivity index (χ0v) is 12.1. The van der Waals surface area contributed by atoms with E-state index in [1.165, 1.54) is 5.56 Å². The van der Waals surface area contributed by atoms with Crippen molar-refractivity contribution in [2.75, 3.05) is 20.3 Å². The van der Waals surface area contributed by atoms with E-state index in [1.807, 2.05) is 0 Å². The van der Waals surface area contributed by atoms with Gasteiger partial charge in [-0.15, -0.1) is 0 Å². The summed E-state index contributed by atoms with van der Waals surface area (Å²) in [6, 6.07) is 6.46. The molecule has 102 valence electrons. The summed E-state index contributed by atoms with van der Waals surface area (Å²) in [4.78, 5) is 0. The van der Waals surface area contributed by atoms with Crippen molar-refractivity contribution in [1.82, 2.24) is 5.32 Å². The van der Waals surface area contributed by atoms with Gasteiger partial charge in [0.25, 0.3) is 0 Å². The number of aryl methyl sites for hydroxylation is 1. The van der Waals surface area contributed by atoms with Gasteiger partial charge in [-0.25, -0.2) is 0 Å². The van der Waals surface area contributed by atoms with E-state index in [4.69, 9.17) is 9.47 Å². The van der Waals surface area contributed by atoms with E-state index < -0.39 is 0 Å². The standard InChI is InChI=1S/C15H25NO2/c1-6-16-14(10-18-11(2)3)13-8-7-12(4)9-15(13)17-5/h7-9,11,14,16H,6,10H2,1-5H3. The van der Waals surface area contributed by atoms with Gasteiger partial charge in [0.2, 0.25) is 0 Å². The van der Waals surface area contributed by atoms with Crippen molar-refractivity contribution < 1.29 is 9.47 Å². The topological polar surface area (TPSA) is 30.5 Å². The molecule has 0 saturated carbocycles. The van der Waals surface area contributed by atoms with Gasteiger partial charge in [-0.1, -0.05) is 19.1 Å². The number of benzene rings is 1. The first kappa shape index (κ1) is 15.0. The van der Waals surface area contributed by atoms with Gasteiger partial charge in [-0.3, -0.25) is 0 Å². The maximum atomic E-state index is 5.72. The zero-order chi connectivity index (χ0) is 13.5. The second-order valence-electron chi connectivity index (χ2n) is 4.74. The molecule has 1 N–H and O–H groups in total. The Hall–Kier alpha value is -1.06. The van der Waals surface area contributed by atoms with Crippen LogP contribution in [-0.4, -0.2) is 26.4 Å². The van der Waals surface area contributed by atoms with Crippen molar-refractivity contribution in [3.63, 3.8) is 0 Å². The van der Waals surface area contributed by atoms with E-state index in [9.17, 15) is 0 Å². The lowest BCUT2D eigenvalue weighted by Crippen LogP contribution is -2.27. The molecule has 1 rings (SSSR count). The largest absolute Gasteiger partial charge is 0.496 e. The Labute approximate surface area is 110 Å². The van der Waals surface area contributed by atoms with Crippen LogP contribution in [0.2, 0.25) is 0 Å². The molecular weight excluding hydrogens is 226 g/mol. The quantitative estimate of drug-likeness (QED) is 0.808. The van der Waals surface area contributed by atoms with Crippen LogP contribution < -0.4 is 10.1 Å². The predicted octanol–water partition coefficient (Wildman–Crippen LogP) is 3.08. The molecule has 0 fully saturated rings. The van der Waals surface area contributed by atoms with Crippen molar-refractivity contribution in [2.45, 2.75) is 39.8 Å². The lowest BCUT2D eigenvalue weighted by atomic mass is 10.0. The molecule has 0 aliphatic rings. The van der Waals surface area contributed by atoms with Gasteiger partial charge in [0.1, 0.15) is 5.75 Å². The van der Waals surface area contributed by atoms with Crippen LogP contribution in [0.25, 0.3) is 0 Å². The average molecular weight is 251 g/mol. The predicted molar refractivity (Wildman–Crippen MR) is 75.2 cm³/mol. The van der Waals surface area contributed by atoms with Crippen molar-refractivity contribution in [1.29, 1.82) is 0 Å². The number of likely N-dealkylation sites (N-methyl/N-ethyl adjacent to an activating group) is 1. The van der Waals surface area contributed by atoms with Crippen molar-refractivity contribution in [2.24, 2.45) is 0 Å². The third kappa shape index (κ3) is 4.31. The molecule has 1 aromatic rings. The molecule has 0 saturated heterocycles. The Morgan fingerprint density at radius 3 is 2.56 bits per heavy atom. The highest BCUT2D eigenvalue weighted by Gasteiger charge is 2.16. The molecule has 0 aliphatic carbocycles. The third-order valence-electron chi connectivity index (χ3n) is 2.81. The summed E-state index contributed by atoms with van der Waals surface area (Å²) in [6.07, 6.45) is 0.239. The molecule has 1 unspecified atom stereocenters. The fourth-order valence-electron chi connectivity index (χ4n) is 1.90. The van der Waals surface area contributed by atoms with Crippen molar-refractivity contribution in [3.8, 4) is 5.75 Å².